The van der Waals surface area contributed by atoms with Crippen LogP contribution >= 0.6 is 0 Å². The van der Waals surface area contributed by atoms with Crippen LogP contribution in [0.5, 0.6) is 0 Å². The summed E-state index contributed by atoms with van der Waals surface area (Å²) in [5.74, 6) is 0. The van der Waals surface area contributed by atoms with Gasteiger partial charge in [0.15, 0.2) is 0 Å². The Morgan fingerprint density at radius 1 is 0.810 bits per heavy atom. The Labute approximate surface area is 132 Å². The van der Waals surface area contributed by atoms with E-state index < -0.39 is 0 Å². The zero-order valence-corrected chi connectivity index (χ0v) is 14.5. The molecule has 0 aromatic heterocycles. The summed E-state index contributed by atoms with van der Waals surface area (Å²) in [7, 11) is 0. The molecule has 0 spiro atoms. The van der Waals surface area contributed by atoms with Gasteiger partial charge in [0.2, 0.25) is 0 Å². The minimum Gasteiger partial charge on any atom is -0.310 e. The van der Waals surface area contributed by atoms with Crippen LogP contribution in [0.1, 0.15) is 89.3 Å². The van der Waals surface area contributed by atoms with Gasteiger partial charge in [-0.2, -0.15) is 0 Å². The minimum atomic E-state index is 0.539. The third kappa shape index (κ3) is 7.66. The van der Waals surface area contributed by atoms with Gasteiger partial charge in [-0.1, -0.05) is 83.6 Å². The molecule has 1 unspecified atom stereocenters. The molecule has 21 heavy (non-hydrogen) atoms. The molecule has 0 radical (unpaired) electrons. The zero-order valence-electron chi connectivity index (χ0n) is 14.5. The number of hydrogen-bond acceptors (Lipinski definition) is 1. The molecular weight excluding hydrogens is 254 g/mol. The molecule has 0 saturated carbocycles. The SMILES string of the molecule is CCCCCCCC(NCC)c1ccc(CCCC)cc1. The molecular formula is C20H35N. The molecule has 0 bridgehead atoms. The molecule has 1 aromatic rings. The molecule has 0 heterocycles. The molecule has 0 amide bonds. The Balaban J connectivity index is 2.46. The third-order valence-corrected chi connectivity index (χ3v) is 4.25. The van der Waals surface area contributed by atoms with E-state index in [1.54, 1.807) is 0 Å². The van der Waals surface area contributed by atoms with Gasteiger partial charge in [0.25, 0.3) is 0 Å². The zero-order chi connectivity index (χ0) is 15.3. The van der Waals surface area contributed by atoms with Crippen molar-refractivity contribution < 1.29 is 0 Å². The predicted octanol–water partition coefficient (Wildman–Crippen LogP) is 6.04. The van der Waals surface area contributed by atoms with Crippen LogP contribution in [0.25, 0.3) is 0 Å². The molecule has 0 aliphatic rings. The first-order valence-corrected chi connectivity index (χ1v) is 9.14. The second kappa shape index (κ2) is 11.8. The van der Waals surface area contributed by atoms with Gasteiger partial charge in [0.05, 0.1) is 0 Å². The highest BCUT2D eigenvalue weighted by atomic mass is 14.9. The van der Waals surface area contributed by atoms with E-state index in [9.17, 15) is 0 Å². The van der Waals surface area contributed by atoms with E-state index in [0.29, 0.717) is 6.04 Å². The van der Waals surface area contributed by atoms with Crippen LogP contribution in [0, 0.1) is 0 Å². The van der Waals surface area contributed by atoms with Crippen LogP contribution < -0.4 is 5.32 Å². The second-order valence-corrected chi connectivity index (χ2v) is 6.16. The number of benzene rings is 1. The van der Waals surface area contributed by atoms with Crippen molar-refractivity contribution in [1.29, 1.82) is 0 Å². The van der Waals surface area contributed by atoms with Crippen molar-refractivity contribution >= 4 is 0 Å². The topological polar surface area (TPSA) is 12.0 Å². The molecule has 0 fully saturated rings. The van der Waals surface area contributed by atoms with E-state index in [4.69, 9.17) is 0 Å². The van der Waals surface area contributed by atoms with Gasteiger partial charge >= 0.3 is 0 Å². The Morgan fingerprint density at radius 2 is 1.48 bits per heavy atom. The van der Waals surface area contributed by atoms with Crippen molar-refractivity contribution in [3.8, 4) is 0 Å². The summed E-state index contributed by atoms with van der Waals surface area (Å²) in [5.41, 5.74) is 2.95. The predicted molar refractivity (Wildman–Crippen MR) is 94.8 cm³/mol. The largest absolute Gasteiger partial charge is 0.310 e. The molecule has 120 valence electrons. The molecule has 1 atom stereocenters. The van der Waals surface area contributed by atoms with Gasteiger partial charge in [0, 0.05) is 6.04 Å². The van der Waals surface area contributed by atoms with Crippen LogP contribution in [0.15, 0.2) is 24.3 Å². The summed E-state index contributed by atoms with van der Waals surface area (Å²) >= 11 is 0. The minimum absolute atomic E-state index is 0.539. The first-order chi connectivity index (χ1) is 10.3. The van der Waals surface area contributed by atoms with Crippen molar-refractivity contribution in [2.24, 2.45) is 0 Å². The molecule has 0 aliphatic carbocycles. The average Bonchev–Trinajstić information content (AvgIpc) is 2.52. The van der Waals surface area contributed by atoms with Crippen LogP contribution in [0.3, 0.4) is 0 Å². The highest BCUT2D eigenvalue weighted by molar-refractivity contribution is 5.25. The van der Waals surface area contributed by atoms with Gasteiger partial charge in [-0.3, -0.25) is 0 Å². The number of unbranched alkanes of at least 4 members (excludes halogenated alkanes) is 5. The maximum Gasteiger partial charge on any atom is 0.0320 e. The summed E-state index contributed by atoms with van der Waals surface area (Å²) in [6, 6.07) is 9.87. The van der Waals surface area contributed by atoms with E-state index >= 15 is 0 Å². The highest BCUT2D eigenvalue weighted by Crippen LogP contribution is 2.21. The van der Waals surface area contributed by atoms with E-state index in [1.165, 1.54) is 68.9 Å². The van der Waals surface area contributed by atoms with Gasteiger partial charge in [0.1, 0.15) is 0 Å². The lowest BCUT2D eigenvalue weighted by Crippen LogP contribution is -2.20. The monoisotopic (exact) mass is 289 g/mol. The smallest absolute Gasteiger partial charge is 0.0320 e. The van der Waals surface area contributed by atoms with Crippen LogP contribution in [0.2, 0.25) is 0 Å². The van der Waals surface area contributed by atoms with E-state index in [2.05, 4.69) is 50.4 Å². The molecule has 1 rings (SSSR count). The van der Waals surface area contributed by atoms with Crippen molar-refractivity contribution in [3.63, 3.8) is 0 Å². The highest BCUT2D eigenvalue weighted by Gasteiger charge is 2.09. The standard InChI is InChI=1S/C20H35N/c1-4-7-9-10-11-13-20(21-6-3)19-16-14-18(15-17-19)12-8-5-2/h14-17,20-21H,4-13H2,1-3H3. The first-order valence-electron chi connectivity index (χ1n) is 9.14. The Hall–Kier alpha value is -0.820. The van der Waals surface area contributed by atoms with Crippen molar-refractivity contribution in [2.75, 3.05) is 6.54 Å². The van der Waals surface area contributed by atoms with Crippen molar-refractivity contribution in [2.45, 2.75) is 84.6 Å². The number of nitrogens with one attached hydrogen (secondary N) is 1. The van der Waals surface area contributed by atoms with Gasteiger partial charge < -0.3 is 5.32 Å². The van der Waals surface area contributed by atoms with Crippen LogP contribution in [0.4, 0.5) is 0 Å². The van der Waals surface area contributed by atoms with Gasteiger partial charge in [-0.05, 0) is 36.9 Å². The van der Waals surface area contributed by atoms with Crippen LogP contribution in [-0.2, 0) is 6.42 Å². The second-order valence-electron chi connectivity index (χ2n) is 6.16. The van der Waals surface area contributed by atoms with Crippen LogP contribution in [-0.4, -0.2) is 6.54 Å². The molecule has 1 aromatic carbocycles. The maximum atomic E-state index is 3.65. The fourth-order valence-electron chi connectivity index (χ4n) is 2.88. The van der Waals surface area contributed by atoms with E-state index in [1.807, 2.05) is 0 Å². The lowest BCUT2D eigenvalue weighted by atomic mass is 9.97. The molecule has 1 N–H and O–H groups in total. The van der Waals surface area contributed by atoms with Gasteiger partial charge in [-0.25, -0.2) is 0 Å². The molecule has 0 saturated heterocycles. The summed E-state index contributed by atoms with van der Waals surface area (Å²) in [4.78, 5) is 0. The summed E-state index contributed by atoms with van der Waals surface area (Å²) in [6.45, 7) is 7.80. The Morgan fingerprint density at radius 3 is 2.10 bits per heavy atom. The van der Waals surface area contributed by atoms with Crippen molar-refractivity contribution in [3.05, 3.63) is 35.4 Å². The lowest BCUT2D eigenvalue weighted by Gasteiger charge is -2.19. The third-order valence-electron chi connectivity index (χ3n) is 4.25. The normalized spacial score (nSPS) is 12.5. The molecule has 1 nitrogen and oxygen atoms in total. The Bertz CT molecular complexity index is 341. The van der Waals surface area contributed by atoms with Gasteiger partial charge in [-0.15, -0.1) is 0 Å². The van der Waals surface area contributed by atoms with Crippen molar-refractivity contribution in [1.82, 2.24) is 5.32 Å². The summed E-state index contributed by atoms with van der Waals surface area (Å²) < 4.78 is 0. The molecule has 0 aliphatic heterocycles. The lowest BCUT2D eigenvalue weighted by molar-refractivity contribution is 0.479. The van der Waals surface area contributed by atoms with E-state index in [-0.39, 0.29) is 0 Å². The first kappa shape index (κ1) is 18.2. The fraction of sp³-hybridized carbons (Fsp3) is 0.700. The summed E-state index contributed by atoms with van der Waals surface area (Å²) in [5, 5.41) is 3.65. The quantitative estimate of drug-likeness (QED) is 0.462. The fourth-order valence-corrected chi connectivity index (χ4v) is 2.88. The Kier molecular flexibility index (Phi) is 10.2. The summed E-state index contributed by atoms with van der Waals surface area (Å²) in [6.07, 6.45) is 11.9. The number of rotatable bonds is 12. The number of hydrogen-bond donors (Lipinski definition) is 1. The number of aryl methyl sites for hydroxylation is 1. The average molecular weight is 290 g/mol. The maximum absolute atomic E-state index is 3.65. The van der Waals surface area contributed by atoms with E-state index in [0.717, 1.165) is 6.54 Å². The molecule has 1 heteroatoms.